The first-order valence-corrected chi connectivity index (χ1v) is 5.81. The lowest BCUT2D eigenvalue weighted by Crippen LogP contribution is -2.07. The van der Waals surface area contributed by atoms with E-state index in [1.54, 1.807) is 6.26 Å². The summed E-state index contributed by atoms with van der Waals surface area (Å²) in [7, 11) is 0. The molecule has 0 aliphatic heterocycles. The maximum Gasteiger partial charge on any atom is 0.130 e. The lowest BCUT2D eigenvalue weighted by Gasteiger charge is -2.05. The summed E-state index contributed by atoms with van der Waals surface area (Å²) < 4.78 is 6.03. The lowest BCUT2D eigenvalue weighted by molar-refractivity contribution is 0.513. The molecule has 0 aliphatic carbocycles. The van der Waals surface area contributed by atoms with Crippen LogP contribution in [-0.4, -0.2) is 16.5 Å². The normalized spacial score (nSPS) is 10.4. The third kappa shape index (κ3) is 3.06. The van der Waals surface area contributed by atoms with Crippen molar-refractivity contribution >= 4 is 21.7 Å². The molecule has 0 fully saturated rings. The van der Waals surface area contributed by atoms with E-state index in [1.807, 2.05) is 25.1 Å². The summed E-state index contributed by atoms with van der Waals surface area (Å²) in [6.07, 6.45) is 2.52. The zero-order chi connectivity index (χ0) is 11.4. The van der Waals surface area contributed by atoms with E-state index in [1.165, 1.54) is 0 Å². The average Bonchev–Trinajstić information content (AvgIpc) is 2.69. The van der Waals surface area contributed by atoms with E-state index in [2.05, 4.69) is 31.2 Å². The van der Waals surface area contributed by atoms with Gasteiger partial charge < -0.3 is 9.73 Å². The molecule has 4 nitrogen and oxygen atoms in total. The highest BCUT2D eigenvalue weighted by Crippen LogP contribution is 2.12. The molecule has 0 saturated heterocycles. The maximum absolute atomic E-state index is 5.24. The van der Waals surface area contributed by atoms with Crippen LogP contribution in [-0.2, 0) is 6.42 Å². The second-order valence-corrected chi connectivity index (χ2v) is 4.19. The van der Waals surface area contributed by atoms with Crippen molar-refractivity contribution in [3.8, 4) is 0 Å². The molecule has 2 aromatic heterocycles. The number of furan rings is 1. The monoisotopic (exact) mass is 281 g/mol. The Labute approximate surface area is 102 Å². The number of nitrogens with zero attached hydrogens (tertiary/aromatic N) is 2. The molecule has 0 radical (unpaired) electrons. The summed E-state index contributed by atoms with van der Waals surface area (Å²) in [4.78, 5) is 8.41. The first-order valence-electron chi connectivity index (χ1n) is 5.01. The summed E-state index contributed by atoms with van der Waals surface area (Å²) in [5.74, 6) is 2.54. The van der Waals surface area contributed by atoms with Gasteiger partial charge in [-0.05, 0) is 35.0 Å². The third-order valence-electron chi connectivity index (χ3n) is 2.06. The average molecular weight is 282 g/mol. The minimum absolute atomic E-state index is 0.745. The van der Waals surface area contributed by atoms with E-state index in [0.717, 1.165) is 35.0 Å². The molecular weight excluding hydrogens is 270 g/mol. The Morgan fingerprint density at radius 3 is 3.00 bits per heavy atom. The van der Waals surface area contributed by atoms with E-state index >= 15 is 0 Å². The van der Waals surface area contributed by atoms with Gasteiger partial charge in [-0.25, -0.2) is 9.97 Å². The minimum atomic E-state index is 0.745. The lowest BCUT2D eigenvalue weighted by atomic mass is 10.3. The van der Waals surface area contributed by atoms with Gasteiger partial charge >= 0.3 is 0 Å². The van der Waals surface area contributed by atoms with Crippen molar-refractivity contribution < 1.29 is 4.42 Å². The highest BCUT2D eigenvalue weighted by Gasteiger charge is 2.00. The van der Waals surface area contributed by atoms with Gasteiger partial charge in [-0.2, -0.15) is 0 Å². The van der Waals surface area contributed by atoms with Crippen LogP contribution in [0, 0.1) is 6.92 Å². The number of anilines is 1. The number of hydrogen-bond acceptors (Lipinski definition) is 4. The van der Waals surface area contributed by atoms with Crippen LogP contribution in [0.15, 0.2) is 33.5 Å². The number of aromatic nitrogens is 2. The zero-order valence-electron chi connectivity index (χ0n) is 8.90. The standard InChI is InChI=1S/C11H12BrN3O/c1-8-14-10(12)7-11(15-8)13-5-4-9-3-2-6-16-9/h2-3,6-7H,4-5H2,1H3,(H,13,14,15). The fourth-order valence-electron chi connectivity index (χ4n) is 1.39. The number of rotatable bonds is 4. The van der Waals surface area contributed by atoms with Gasteiger partial charge in [0, 0.05) is 19.0 Å². The van der Waals surface area contributed by atoms with Crippen molar-refractivity contribution in [2.24, 2.45) is 0 Å². The van der Waals surface area contributed by atoms with Crippen LogP contribution in [0.4, 0.5) is 5.82 Å². The van der Waals surface area contributed by atoms with Crippen LogP contribution in [0.5, 0.6) is 0 Å². The molecule has 2 rings (SSSR count). The van der Waals surface area contributed by atoms with Crippen LogP contribution < -0.4 is 5.32 Å². The molecular formula is C11H12BrN3O. The van der Waals surface area contributed by atoms with E-state index in [-0.39, 0.29) is 0 Å². The molecule has 0 saturated carbocycles. The molecule has 0 spiro atoms. The van der Waals surface area contributed by atoms with Gasteiger partial charge in [-0.1, -0.05) is 0 Å². The van der Waals surface area contributed by atoms with Gasteiger partial charge in [0.2, 0.25) is 0 Å². The van der Waals surface area contributed by atoms with Crippen LogP contribution in [0.2, 0.25) is 0 Å². The first kappa shape index (κ1) is 11.1. The largest absolute Gasteiger partial charge is 0.469 e. The van der Waals surface area contributed by atoms with Crippen molar-refractivity contribution in [2.45, 2.75) is 13.3 Å². The van der Waals surface area contributed by atoms with E-state index < -0.39 is 0 Å². The Morgan fingerprint density at radius 2 is 2.31 bits per heavy atom. The molecule has 0 bridgehead atoms. The summed E-state index contributed by atoms with van der Waals surface area (Å²) >= 11 is 3.33. The summed E-state index contributed by atoms with van der Waals surface area (Å²) in [6.45, 7) is 2.65. The Morgan fingerprint density at radius 1 is 1.44 bits per heavy atom. The van der Waals surface area contributed by atoms with Gasteiger partial charge in [-0.3, -0.25) is 0 Å². The van der Waals surface area contributed by atoms with Gasteiger partial charge in [0.25, 0.3) is 0 Å². The van der Waals surface area contributed by atoms with Crippen molar-refractivity contribution in [1.82, 2.24) is 9.97 Å². The second-order valence-electron chi connectivity index (χ2n) is 3.38. The topological polar surface area (TPSA) is 51.0 Å². The summed E-state index contributed by atoms with van der Waals surface area (Å²) in [5.41, 5.74) is 0. The number of nitrogens with one attached hydrogen (secondary N) is 1. The van der Waals surface area contributed by atoms with E-state index in [4.69, 9.17) is 4.42 Å². The van der Waals surface area contributed by atoms with Crippen LogP contribution in [0.25, 0.3) is 0 Å². The van der Waals surface area contributed by atoms with Crippen molar-refractivity contribution in [1.29, 1.82) is 0 Å². The molecule has 16 heavy (non-hydrogen) atoms. The van der Waals surface area contributed by atoms with Gasteiger partial charge in [-0.15, -0.1) is 0 Å². The van der Waals surface area contributed by atoms with Crippen LogP contribution in [0.1, 0.15) is 11.6 Å². The number of hydrogen-bond donors (Lipinski definition) is 1. The predicted molar refractivity (Wildman–Crippen MR) is 65.4 cm³/mol. The predicted octanol–water partition coefficient (Wildman–Crippen LogP) is 2.80. The van der Waals surface area contributed by atoms with Crippen molar-refractivity contribution in [2.75, 3.05) is 11.9 Å². The molecule has 5 heteroatoms. The second kappa shape index (κ2) is 5.12. The molecule has 1 N–H and O–H groups in total. The molecule has 2 aromatic rings. The third-order valence-corrected chi connectivity index (χ3v) is 2.47. The molecule has 0 amide bonds. The maximum atomic E-state index is 5.24. The minimum Gasteiger partial charge on any atom is -0.469 e. The highest BCUT2D eigenvalue weighted by atomic mass is 79.9. The number of halogens is 1. The molecule has 0 atom stereocenters. The Bertz CT molecular complexity index is 436. The quantitative estimate of drug-likeness (QED) is 0.876. The first-order chi connectivity index (χ1) is 7.74. The Kier molecular flexibility index (Phi) is 3.56. The highest BCUT2D eigenvalue weighted by molar-refractivity contribution is 9.10. The summed E-state index contributed by atoms with van der Waals surface area (Å²) in [5, 5.41) is 3.22. The van der Waals surface area contributed by atoms with Crippen LogP contribution >= 0.6 is 15.9 Å². The van der Waals surface area contributed by atoms with Gasteiger partial charge in [0.05, 0.1) is 6.26 Å². The van der Waals surface area contributed by atoms with E-state index in [0.29, 0.717) is 0 Å². The molecule has 84 valence electrons. The molecule has 0 aromatic carbocycles. The Balaban J connectivity index is 1.89. The van der Waals surface area contributed by atoms with E-state index in [9.17, 15) is 0 Å². The molecule has 0 aliphatic rings. The van der Waals surface area contributed by atoms with Crippen molar-refractivity contribution in [3.05, 3.63) is 40.7 Å². The van der Waals surface area contributed by atoms with Gasteiger partial charge in [0.1, 0.15) is 22.0 Å². The smallest absolute Gasteiger partial charge is 0.130 e. The van der Waals surface area contributed by atoms with Gasteiger partial charge in [0.15, 0.2) is 0 Å². The zero-order valence-corrected chi connectivity index (χ0v) is 10.5. The molecule has 0 unspecified atom stereocenters. The fraction of sp³-hybridized carbons (Fsp3) is 0.273. The number of aryl methyl sites for hydroxylation is 1. The van der Waals surface area contributed by atoms with Crippen LogP contribution in [0.3, 0.4) is 0 Å². The SMILES string of the molecule is Cc1nc(Br)cc(NCCc2ccco2)n1. The summed E-state index contributed by atoms with van der Waals surface area (Å²) in [6, 6.07) is 5.71. The fourth-order valence-corrected chi connectivity index (χ4v) is 1.86. The Hall–Kier alpha value is -1.36. The molecule has 2 heterocycles. The van der Waals surface area contributed by atoms with Crippen molar-refractivity contribution in [3.63, 3.8) is 0 Å².